The standard InChI is InChI=1S/C22H23ClN4O5S/c1-4-26-21(30)18(12-19(28)24-15-7-5-14(23)6-8-15)27(22(26)33)25-20(29)13-9-16(31-2)11-17(10-13)32-3/h5-11,18H,4,12H2,1-3H3,(H,24,28)(H,25,29). The molecule has 1 heterocycles. The Balaban J connectivity index is 1.79. The number of amides is 3. The number of carbonyl (C=O) groups is 3. The lowest BCUT2D eigenvalue weighted by atomic mass is 10.1. The Kier molecular flexibility index (Phi) is 7.72. The van der Waals surface area contributed by atoms with E-state index in [1.807, 2.05) is 0 Å². The molecule has 1 unspecified atom stereocenters. The van der Waals surface area contributed by atoms with E-state index in [1.54, 1.807) is 37.3 Å². The lowest BCUT2D eigenvalue weighted by Gasteiger charge is -2.24. The van der Waals surface area contributed by atoms with Crippen LogP contribution in [0.25, 0.3) is 0 Å². The second-order valence-corrected chi connectivity index (χ2v) is 7.85. The van der Waals surface area contributed by atoms with Crippen LogP contribution in [0.5, 0.6) is 11.5 Å². The fourth-order valence-corrected chi connectivity index (χ4v) is 3.79. The summed E-state index contributed by atoms with van der Waals surface area (Å²) in [7, 11) is 2.94. The Morgan fingerprint density at radius 2 is 1.70 bits per heavy atom. The average molecular weight is 491 g/mol. The van der Waals surface area contributed by atoms with E-state index < -0.39 is 17.9 Å². The van der Waals surface area contributed by atoms with Gasteiger partial charge in [-0.3, -0.25) is 24.7 Å². The van der Waals surface area contributed by atoms with Crippen molar-refractivity contribution in [1.29, 1.82) is 0 Å². The topological polar surface area (TPSA) is 100 Å². The molecule has 3 rings (SSSR count). The van der Waals surface area contributed by atoms with Crippen LogP contribution in [0.15, 0.2) is 42.5 Å². The van der Waals surface area contributed by atoms with E-state index in [-0.39, 0.29) is 23.0 Å². The monoisotopic (exact) mass is 490 g/mol. The van der Waals surface area contributed by atoms with Crippen molar-refractivity contribution in [2.45, 2.75) is 19.4 Å². The zero-order valence-corrected chi connectivity index (χ0v) is 19.8. The number of methoxy groups -OCH3 is 2. The fourth-order valence-electron chi connectivity index (χ4n) is 3.28. The van der Waals surface area contributed by atoms with E-state index in [1.165, 1.54) is 36.3 Å². The molecule has 0 radical (unpaired) electrons. The van der Waals surface area contributed by atoms with Gasteiger partial charge in [0.2, 0.25) is 5.91 Å². The highest BCUT2D eigenvalue weighted by Crippen LogP contribution is 2.24. The number of likely N-dealkylation sites (N-methyl/N-ethyl adjacent to an activating group) is 1. The minimum absolute atomic E-state index is 0.106. The molecule has 2 aromatic rings. The number of benzene rings is 2. The summed E-state index contributed by atoms with van der Waals surface area (Å²) < 4.78 is 10.4. The van der Waals surface area contributed by atoms with Crippen molar-refractivity contribution >= 4 is 52.3 Å². The predicted octanol–water partition coefficient (Wildman–Crippen LogP) is 2.85. The number of ether oxygens (including phenoxy) is 2. The molecule has 3 amide bonds. The van der Waals surface area contributed by atoms with Crippen LogP contribution in [0.3, 0.4) is 0 Å². The van der Waals surface area contributed by atoms with Crippen LogP contribution in [-0.2, 0) is 9.59 Å². The van der Waals surface area contributed by atoms with Gasteiger partial charge in [-0.1, -0.05) is 11.6 Å². The number of halogens is 1. The van der Waals surface area contributed by atoms with Gasteiger partial charge >= 0.3 is 0 Å². The van der Waals surface area contributed by atoms with Gasteiger partial charge in [0.1, 0.15) is 17.5 Å². The summed E-state index contributed by atoms with van der Waals surface area (Å²) in [6.07, 6.45) is -0.222. The van der Waals surface area contributed by atoms with Crippen LogP contribution in [0.2, 0.25) is 5.02 Å². The van der Waals surface area contributed by atoms with Crippen molar-refractivity contribution in [2.24, 2.45) is 0 Å². The lowest BCUT2D eigenvalue weighted by Crippen LogP contribution is -2.49. The third kappa shape index (κ3) is 5.52. The van der Waals surface area contributed by atoms with E-state index in [0.717, 1.165) is 0 Å². The highest BCUT2D eigenvalue weighted by atomic mass is 35.5. The molecule has 1 atom stereocenters. The fraction of sp³-hybridized carbons (Fsp3) is 0.273. The molecule has 0 saturated carbocycles. The largest absolute Gasteiger partial charge is 0.497 e. The zero-order valence-electron chi connectivity index (χ0n) is 18.3. The summed E-state index contributed by atoms with van der Waals surface area (Å²) in [6, 6.07) is 10.3. The summed E-state index contributed by atoms with van der Waals surface area (Å²) >= 11 is 11.3. The zero-order chi connectivity index (χ0) is 24.1. The number of nitrogens with zero attached hydrogens (tertiary/aromatic N) is 2. The minimum atomic E-state index is -0.999. The first-order valence-electron chi connectivity index (χ1n) is 10.0. The van der Waals surface area contributed by atoms with Crippen LogP contribution in [0.1, 0.15) is 23.7 Å². The highest BCUT2D eigenvalue weighted by Gasteiger charge is 2.44. The highest BCUT2D eigenvalue weighted by molar-refractivity contribution is 7.80. The van der Waals surface area contributed by atoms with E-state index in [2.05, 4.69) is 10.7 Å². The maximum Gasteiger partial charge on any atom is 0.270 e. The second-order valence-electron chi connectivity index (χ2n) is 7.05. The summed E-state index contributed by atoms with van der Waals surface area (Å²) in [4.78, 5) is 39.9. The van der Waals surface area contributed by atoms with Crippen molar-refractivity contribution in [3.8, 4) is 11.5 Å². The quantitative estimate of drug-likeness (QED) is 0.549. The van der Waals surface area contributed by atoms with Crippen molar-refractivity contribution in [2.75, 3.05) is 26.1 Å². The number of hydrazine groups is 1. The number of nitrogens with one attached hydrogen (secondary N) is 2. The van der Waals surface area contributed by atoms with Crippen LogP contribution >= 0.6 is 23.8 Å². The predicted molar refractivity (Wildman–Crippen MR) is 127 cm³/mol. The molecule has 0 aromatic heterocycles. The number of hydrogen-bond donors (Lipinski definition) is 2. The number of anilines is 1. The summed E-state index contributed by atoms with van der Waals surface area (Å²) in [6.45, 7) is 2.06. The van der Waals surface area contributed by atoms with Gasteiger partial charge in [0.05, 0.1) is 20.6 Å². The van der Waals surface area contributed by atoms with E-state index in [4.69, 9.17) is 33.3 Å². The SMILES string of the molecule is CCN1C(=O)C(CC(=O)Nc2ccc(Cl)cc2)N(NC(=O)c2cc(OC)cc(OC)c2)C1=S. The van der Waals surface area contributed by atoms with E-state index in [0.29, 0.717) is 28.8 Å². The second kappa shape index (κ2) is 10.5. The van der Waals surface area contributed by atoms with Crippen LogP contribution in [0.4, 0.5) is 5.69 Å². The molecule has 33 heavy (non-hydrogen) atoms. The van der Waals surface area contributed by atoms with Crippen molar-refractivity contribution < 1.29 is 23.9 Å². The van der Waals surface area contributed by atoms with Crippen molar-refractivity contribution in [1.82, 2.24) is 15.3 Å². The Hall–Kier alpha value is -3.37. The van der Waals surface area contributed by atoms with E-state index >= 15 is 0 Å². The van der Waals surface area contributed by atoms with Gasteiger partial charge < -0.3 is 14.8 Å². The smallest absolute Gasteiger partial charge is 0.270 e. The summed E-state index contributed by atoms with van der Waals surface area (Å²) in [5.74, 6) is -0.485. The summed E-state index contributed by atoms with van der Waals surface area (Å²) in [5, 5.41) is 4.60. The molecule has 1 fully saturated rings. The molecule has 2 N–H and O–H groups in total. The average Bonchev–Trinajstić information content (AvgIpc) is 3.03. The molecule has 2 aromatic carbocycles. The molecule has 1 aliphatic heterocycles. The first-order valence-corrected chi connectivity index (χ1v) is 10.8. The molecular weight excluding hydrogens is 468 g/mol. The molecule has 9 nitrogen and oxygen atoms in total. The number of carbonyl (C=O) groups excluding carboxylic acids is 3. The van der Waals surface area contributed by atoms with Gasteiger partial charge in [-0.05, 0) is 55.5 Å². The first-order chi connectivity index (χ1) is 15.8. The van der Waals surface area contributed by atoms with E-state index in [9.17, 15) is 14.4 Å². The Morgan fingerprint density at radius 1 is 1.09 bits per heavy atom. The maximum absolute atomic E-state index is 13.0. The first kappa shape index (κ1) is 24.3. The molecule has 174 valence electrons. The molecule has 0 bridgehead atoms. The van der Waals surface area contributed by atoms with Crippen LogP contribution < -0.4 is 20.2 Å². The number of rotatable bonds is 8. The molecule has 0 aliphatic carbocycles. The van der Waals surface area contributed by atoms with Gasteiger partial charge in [-0.2, -0.15) is 0 Å². The molecule has 0 spiro atoms. The minimum Gasteiger partial charge on any atom is -0.497 e. The third-order valence-electron chi connectivity index (χ3n) is 4.96. The number of thiocarbonyl (C=S) groups is 1. The molecule has 11 heteroatoms. The Morgan fingerprint density at radius 3 is 2.24 bits per heavy atom. The molecule has 1 saturated heterocycles. The van der Waals surface area contributed by atoms with Gasteiger partial charge in [0.25, 0.3) is 11.8 Å². The summed E-state index contributed by atoms with van der Waals surface area (Å²) in [5.41, 5.74) is 3.42. The lowest BCUT2D eigenvalue weighted by molar-refractivity contribution is -0.130. The Labute approximate surface area is 201 Å². The van der Waals surface area contributed by atoms with Gasteiger partial charge in [-0.15, -0.1) is 0 Å². The third-order valence-corrected chi connectivity index (χ3v) is 5.63. The normalized spacial score (nSPS) is 15.5. The maximum atomic E-state index is 13.0. The number of hydrogen-bond acceptors (Lipinski definition) is 6. The Bertz CT molecular complexity index is 1060. The van der Waals surface area contributed by atoms with Crippen molar-refractivity contribution in [3.05, 3.63) is 53.1 Å². The van der Waals surface area contributed by atoms with Gasteiger partial charge in [0, 0.05) is 28.9 Å². The molecule has 1 aliphatic rings. The molecular formula is C22H23ClN4O5S. The van der Waals surface area contributed by atoms with Gasteiger partial charge in [-0.25, -0.2) is 5.01 Å². The van der Waals surface area contributed by atoms with Gasteiger partial charge in [0.15, 0.2) is 5.11 Å². The van der Waals surface area contributed by atoms with Crippen LogP contribution in [0, 0.1) is 0 Å². The van der Waals surface area contributed by atoms with Crippen LogP contribution in [-0.4, -0.2) is 59.5 Å². The van der Waals surface area contributed by atoms with Crippen molar-refractivity contribution in [3.63, 3.8) is 0 Å².